The van der Waals surface area contributed by atoms with Crippen molar-refractivity contribution < 1.29 is 18.0 Å². The predicted octanol–water partition coefficient (Wildman–Crippen LogP) is 3.64. The number of hydrogen-bond donors (Lipinski definition) is 2. The summed E-state index contributed by atoms with van der Waals surface area (Å²) in [5, 5.41) is 5.70. The summed E-state index contributed by atoms with van der Waals surface area (Å²) < 4.78 is 35.9. The van der Waals surface area contributed by atoms with Crippen molar-refractivity contribution in [2.75, 3.05) is 11.9 Å². The first-order chi connectivity index (χ1) is 9.31. The molecule has 0 aromatic heterocycles. The van der Waals surface area contributed by atoms with Gasteiger partial charge in [-0.25, -0.2) is 0 Å². The van der Waals surface area contributed by atoms with Crippen LogP contribution in [-0.2, 0) is 4.79 Å². The van der Waals surface area contributed by atoms with Crippen LogP contribution >= 0.6 is 0 Å². The number of anilines is 1. The van der Waals surface area contributed by atoms with Gasteiger partial charge in [0.2, 0.25) is 5.91 Å². The molecule has 1 aromatic carbocycles. The highest BCUT2D eigenvalue weighted by Crippen LogP contribution is 2.22. The molecule has 1 unspecified atom stereocenters. The lowest BCUT2D eigenvalue weighted by molar-refractivity contribution is -0.142. The zero-order valence-corrected chi connectivity index (χ0v) is 11.6. The Kier molecular flexibility index (Phi) is 6.01. The van der Waals surface area contributed by atoms with Gasteiger partial charge in [0.1, 0.15) is 0 Å². The number of nitrogens with one attached hydrogen (secondary N) is 2. The lowest BCUT2D eigenvalue weighted by Gasteiger charge is -2.13. The molecule has 1 aromatic rings. The number of halogens is 3. The fourth-order valence-corrected chi connectivity index (χ4v) is 1.76. The molecule has 1 atom stereocenters. The molecule has 6 heteroatoms. The second-order valence-corrected chi connectivity index (χ2v) is 4.56. The molecule has 112 valence electrons. The summed E-state index contributed by atoms with van der Waals surface area (Å²) >= 11 is 0. The van der Waals surface area contributed by atoms with Gasteiger partial charge in [-0.3, -0.25) is 4.79 Å². The highest BCUT2D eigenvalue weighted by atomic mass is 19.4. The summed E-state index contributed by atoms with van der Waals surface area (Å²) in [7, 11) is 0. The molecular weight excluding hydrogens is 269 g/mol. The van der Waals surface area contributed by atoms with Gasteiger partial charge in [-0.15, -0.1) is 0 Å². The topological polar surface area (TPSA) is 41.1 Å². The fourth-order valence-electron chi connectivity index (χ4n) is 1.76. The van der Waals surface area contributed by atoms with Crippen LogP contribution in [0.25, 0.3) is 0 Å². The highest BCUT2D eigenvalue weighted by Gasteiger charge is 2.27. The van der Waals surface area contributed by atoms with E-state index in [1.807, 2.05) is 26.0 Å². The van der Waals surface area contributed by atoms with E-state index in [9.17, 15) is 18.0 Å². The zero-order valence-electron chi connectivity index (χ0n) is 11.6. The van der Waals surface area contributed by atoms with Gasteiger partial charge in [-0.05, 0) is 31.2 Å². The van der Waals surface area contributed by atoms with E-state index in [4.69, 9.17) is 0 Å². The Morgan fingerprint density at radius 1 is 1.25 bits per heavy atom. The van der Waals surface area contributed by atoms with Gasteiger partial charge in [-0.1, -0.05) is 19.1 Å². The summed E-state index contributed by atoms with van der Waals surface area (Å²) in [4.78, 5) is 11.4. The van der Waals surface area contributed by atoms with Crippen LogP contribution in [0.5, 0.6) is 0 Å². The van der Waals surface area contributed by atoms with Crippen LogP contribution in [0, 0.1) is 0 Å². The molecule has 1 rings (SSSR count). The molecule has 0 heterocycles. The second kappa shape index (κ2) is 7.28. The van der Waals surface area contributed by atoms with Crippen molar-refractivity contribution >= 4 is 11.6 Å². The minimum absolute atomic E-state index is 0.190. The normalized spacial score (nSPS) is 13.1. The summed E-state index contributed by atoms with van der Waals surface area (Å²) in [5.41, 5.74) is 1.56. The van der Waals surface area contributed by atoms with Crippen molar-refractivity contribution in [3.8, 4) is 0 Å². The first kappa shape index (κ1) is 16.5. The van der Waals surface area contributed by atoms with Gasteiger partial charge in [0, 0.05) is 18.2 Å². The van der Waals surface area contributed by atoms with Crippen molar-refractivity contribution in [3.05, 3.63) is 29.8 Å². The maximum absolute atomic E-state index is 12.0. The molecule has 0 aliphatic rings. The monoisotopic (exact) mass is 288 g/mol. The van der Waals surface area contributed by atoms with E-state index in [1.54, 1.807) is 12.1 Å². The average molecular weight is 288 g/mol. The zero-order chi connectivity index (χ0) is 15.2. The first-order valence-electron chi connectivity index (χ1n) is 6.51. The van der Waals surface area contributed by atoms with Crippen LogP contribution in [0.2, 0.25) is 0 Å². The molecule has 0 saturated heterocycles. The van der Waals surface area contributed by atoms with Gasteiger partial charge in [0.15, 0.2) is 0 Å². The van der Waals surface area contributed by atoms with Crippen LogP contribution in [0.1, 0.15) is 38.3 Å². The third kappa shape index (κ3) is 6.06. The van der Waals surface area contributed by atoms with E-state index < -0.39 is 24.9 Å². The highest BCUT2D eigenvalue weighted by molar-refractivity contribution is 5.90. The summed E-state index contributed by atoms with van der Waals surface area (Å²) in [5.74, 6) is -0.630. The molecule has 0 bridgehead atoms. The Morgan fingerprint density at radius 2 is 1.85 bits per heavy atom. The molecule has 0 saturated carbocycles. The van der Waals surface area contributed by atoms with Gasteiger partial charge < -0.3 is 10.6 Å². The summed E-state index contributed by atoms with van der Waals surface area (Å²) in [6.07, 6.45) is -5.96. The lowest BCUT2D eigenvalue weighted by Crippen LogP contribution is -2.18. The SMILES string of the molecule is CCNC(C)c1ccc(NC(=O)CCC(F)(F)F)cc1. The van der Waals surface area contributed by atoms with E-state index in [-0.39, 0.29) is 6.04 Å². The molecular formula is C14H19F3N2O. The van der Waals surface area contributed by atoms with Crippen LogP contribution in [0.3, 0.4) is 0 Å². The third-order valence-electron chi connectivity index (χ3n) is 2.84. The van der Waals surface area contributed by atoms with Crippen LogP contribution in [0.15, 0.2) is 24.3 Å². The number of hydrogen-bond acceptors (Lipinski definition) is 2. The first-order valence-corrected chi connectivity index (χ1v) is 6.51. The van der Waals surface area contributed by atoms with Gasteiger partial charge in [0.25, 0.3) is 0 Å². The van der Waals surface area contributed by atoms with E-state index in [0.717, 1.165) is 12.1 Å². The molecule has 0 spiro atoms. The molecule has 2 N–H and O–H groups in total. The van der Waals surface area contributed by atoms with Crippen molar-refractivity contribution in [2.24, 2.45) is 0 Å². The Hall–Kier alpha value is -1.56. The largest absolute Gasteiger partial charge is 0.389 e. The van der Waals surface area contributed by atoms with E-state index in [2.05, 4.69) is 10.6 Å². The van der Waals surface area contributed by atoms with Gasteiger partial charge >= 0.3 is 6.18 Å². The smallest absolute Gasteiger partial charge is 0.326 e. The minimum Gasteiger partial charge on any atom is -0.326 e. The summed E-state index contributed by atoms with van der Waals surface area (Å²) in [6, 6.07) is 7.25. The molecule has 1 amide bonds. The number of rotatable bonds is 6. The van der Waals surface area contributed by atoms with E-state index in [0.29, 0.717) is 5.69 Å². The average Bonchev–Trinajstić information content (AvgIpc) is 2.37. The summed E-state index contributed by atoms with van der Waals surface area (Å²) in [6.45, 7) is 4.86. The molecule has 20 heavy (non-hydrogen) atoms. The van der Waals surface area contributed by atoms with Crippen molar-refractivity contribution in [1.29, 1.82) is 0 Å². The number of benzene rings is 1. The number of carbonyl (C=O) groups excluding carboxylic acids is 1. The number of amides is 1. The van der Waals surface area contributed by atoms with E-state index >= 15 is 0 Å². The van der Waals surface area contributed by atoms with Crippen LogP contribution in [-0.4, -0.2) is 18.6 Å². The second-order valence-electron chi connectivity index (χ2n) is 4.56. The van der Waals surface area contributed by atoms with Crippen molar-refractivity contribution in [2.45, 2.75) is 38.9 Å². The Balaban J connectivity index is 2.51. The van der Waals surface area contributed by atoms with E-state index in [1.165, 1.54) is 0 Å². The quantitative estimate of drug-likeness (QED) is 0.839. The van der Waals surface area contributed by atoms with Crippen LogP contribution in [0.4, 0.5) is 18.9 Å². The van der Waals surface area contributed by atoms with Crippen LogP contribution < -0.4 is 10.6 Å². The molecule has 0 aliphatic heterocycles. The molecule has 0 fully saturated rings. The van der Waals surface area contributed by atoms with Crippen molar-refractivity contribution in [1.82, 2.24) is 5.32 Å². The number of alkyl halides is 3. The van der Waals surface area contributed by atoms with Gasteiger partial charge in [-0.2, -0.15) is 13.2 Å². The fraction of sp³-hybridized carbons (Fsp3) is 0.500. The maximum atomic E-state index is 12.0. The molecule has 0 radical (unpaired) electrons. The Labute approximate surface area is 116 Å². The molecule has 3 nitrogen and oxygen atoms in total. The lowest BCUT2D eigenvalue weighted by atomic mass is 10.1. The molecule has 0 aliphatic carbocycles. The Morgan fingerprint density at radius 3 is 2.35 bits per heavy atom. The maximum Gasteiger partial charge on any atom is 0.389 e. The third-order valence-corrected chi connectivity index (χ3v) is 2.84. The predicted molar refractivity (Wildman–Crippen MR) is 72.5 cm³/mol. The van der Waals surface area contributed by atoms with Crippen molar-refractivity contribution in [3.63, 3.8) is 0 Å². The number of carbonyl (C=O) groups is 1. The Bertz CT molecular complexity index is 429. The standard InChI is InChI=1S/C14H19F3N2O/c1-3-18-10(2)11-4-6-12(7-5-11)19-13(20)8-9-14(15,16)17/h4-7,10,18H,3,8-9H2,1-2H3,(H,19,20). The van der Waals surface area contributed by atoms with Gasteiger partial charge in [0.05, 0.1) is 6.42 Å². The minimum atomic E-state index is -4.30.